The van der Waals surface area contributed by atoms with Crippen LogP contribution in [0.15, 0.2) is 16.9 Å². The number of hydrogen-bond acceptors (Lipinski definition) is 4. The van der Waals surface area contributed by atoms with E-state index in [9.17, 15) is 4.79 Å². The Morgan fingerprint density at radius 2 is 2.40 bits per heavy atom. The lowest BCUT2D eigenvalue weighted by Crippen LogP contribution is -2.41. The Bertz CT molecular complexity index is 296. The maximum Gasteiger partial charge on any atom is 0.237 e. The zero-order chi connectivity index (χ0) is 11.3. The quantitative estimate of drug-likeness (QED) is 0.749. The molecule has 1 heterocycles. The van der Waals surface area contributed by atoms with Crippen LogP contribution in [0.1, 0.15) is 26.0 Å². The summed E-state index contributed by atoms with van der Waals surface area (Å²) in [6.45, 7) is 4.43. The Hall–Kier alpha value is -1.36. The zero-order valence-electron chi connectivity index (χ0n) is 9.06. The maximum atomic E-state index is 11.5. The largest absolute Gasteiger partial charge is 0.364 e. The maximum absolute atomic E-state index is 11.5. The Morgan fingerprint density at radius 1 is 1.67 bits per heavy atom. The molecule has 0 saturated carbocycles. The minimum Gasteiger partial charge on any atom is -0.364 e. The van der Waals surface area contributed by atoms with Gasteiger partial charge >= 0.3 is 0 Å². The summed E-state index contributed by atoms with van der Waals surface area (Å²) in [5.41, 5.74) is 6.40. The molecule has 5 heteroatoms. The molecule has 1 unspecified atom stereocenters. The highest BCUT2D eigenvalue weighted by atomic mass is 16.5. The molecule has 1 atom stereocenters. The van der Waals surface area contributed by atoms with Crippen molar-refractivity contribution in [3.05, 3.63) is 18.0 Å². The van der Waals surface area contributed by atoms with E-state index in [2.05, 4.69) is 15.0 Å². The van der Waals surface area contributed by atoms with Gasteiger partial charge in [0.25, 0.3) is 0 Å². The first-order chi connectivity index (χ1) is 7.09. The summed E-state index contributed by atoms with van der Waals surface area (Å²) in [5.74, 6) is 0.268. The average Bonchev–Trinajstić information content (AvgIpc) is 2.65. The van der Waals surface area contributed by atoms with Gasteiger partial charge in [-0.25, -0.2) is 0 Å². The van der Waals surface area contributed by atoms with Crippen molar-refractivity contribution in [1.29, 1.82) is 0 Å². The summed E-state index contributed by atoms with van der Waals surface area (Å²) in [5, 5.41) is 6.38. The molecule has 0 spiro atoms. The number of carbonyl (C=O) groups is 1. The monoisotopic (exact) mass is 211 g/mol. The minimum atomic E-state index is -0.447. The number of hydrogen-bond donors (Lipinski definition) is 2. The summed E-state index contributed by atoms with van der Waals surface area (Å²) < 4.78 is 4.64. The highest BCUT2D eigenvalue weighted by Crippen LogP contribution is 2.02. The summed E-state index contributed by atoms with van der Waals surface area (Å²) in [7, 11) is 0. The second kappa shape index (κ2) is 5.50. The van der Waals surface area contributed by atoms with Crippen LogP contribution in [-0.4, -0.2) is 17.1 Å². The number of nitrogens with one attached hydrogen (secondary N) is 1. The third kappa shape index (κ3) is 4.12. The van der Waals surface area contributed by atoms with Gasteiger partial charge in [0, 0.05) is 6.07 Å². The molecule has 0 saturated heterocycles. The van der Waals surface area contributed by atoms with Gasteiger partial charge in [-0.05, 0) is 12.3 Å². The molecule has 15 heavy (non-hydrogen) atoms. The topological polar surface area (TPSA) is 81.2 Å². The summed E-state index contributed by atoms with van der Waals surface area (Å²) in [4.78, 5) is 11.5. The molecule has 84 valence electrons. The van der Waals surface area contributed by atoms with Crippen molar-refractivity contribution in [1.82, 2.24) is 10.5 Å². The van der Waals surface area contributed by atoms with Crippen molar-refractivity contribution in [2.45, 2.75) is 32.9 Å². The van der Waals surface area contributed by atoms with Crippen molar-refractivity contribution in [3.8, 4) is 0 Å². The first kappa shape index (κ1) is 11.7. The van der Waals surface area contributed by atoms with Gasteiger partial charge in [0.05, 0.1) is 12.6 Å². The molecule has 0 fully saturated rings. The van der Waals surface area contributed by atoms with E-state index in [1.54, 1.807) is 6.07 Å². The molecule has 0 aliphatic heterocycles. The van der Waals surface area contributed by atoms with Crippen LogP contribution in [0.2, 0.25) is 0 Å². The molecule has 3 N–H and O–H groups in total. The van der Waals surface area contributed by atoms with E-state index >= 15 is 0 Å². The Kier molecular flexibility index (Phi) is 4.30. The van der Waals surface area contributed by atoms with Gasteiger partial charge in [-0.15, -0.1) is 0 Å². The third-order valence-electron chi connectivity index (χ3n) is 2.00. The summed E-state index contributed by atoms with van der Waals surface area (Å²) >= 11 is 0. The molecular weight excluding hydrogens is 194 g/mol. The number of aromatic nitrogens is 1. The predicted octanol–water partition coefficient (Wildman–Crippen LogP) is 0.664. The van der Waals surface area contributed by atoms with Gasteiger partial charge in [0.15, 0.2) is 0 Å². The molecular formula is C10H17N3O2. The van der Waals surface area contributed by atoms with Gasteiger partial charge in [0.1, 0.15) is 12.0 Å². The molecule has 1 aromatic heterocycles. The normalized spacial score (nSPS) is 12.8. The fraction of sp³-hybridized carbons (Fsp3) is 0.600. The zero-order valence-corrected chi connectivity index (χ0v) is 9.06. The van der Waals surface area contributed by atoms with Crippen LogP contribution in [0, 0.1) is 5.92 Å². The van der Waals surface area contributed by atoms with E-state index in [1.165, 1.54) is 6.26 Å². The van der Waals surface area contributed by atoms with Crippen LogP contribution in [0.25, 0.3) is 0 Å². The van der Waals surface area contributed by atoms with Crippen LogP contribution in [0.5, 0.6) is 0 Å². The highest BCUT2D eigenvalue weighted by Gasteiger charge is 2.14. The number of rotatable bonds is 5. The van der Waals surface area contributed by atoms with Crippen molar-refractivity contribution < 1.29 is 9.32 Å². The molecule has 0 aliphatic carbocycles. The van der Waals surface area contributed by atoms with Crippen molar-refractivity contribution in [3.63, 3.8) is 0 Å². The SMILES string of the molecule is CC(C)CC(N)C(=O)NCc1ccon1. The van der Waals surface area contributed by atoms with Crippen molar-refractivity contribution in [2.24, 2.45) is 11.7 Å². The Morgan fingerprint density at radius 3 is 2.93 bits per heavy atom. The molecule has 1 amide bonds. The molecule has 5 nitrogen and oxygen atoms in total. The van der Waals surface area contributed by atoms with E-state index in [4.69, 9.17) is 5.73 Å². The highest BCUT2D eigenvalue weighted by molar-refractivity contribution is 5.81. The lowest BCUT2D eigenvalue weighted by Gasteiger charge is -2.13. The second-order valence-electron chi connectivity index (χ2n) is 3.94. The van der Waals surface area contributed by atoms with Crippen molar-refractivity contribution in [2.75, 3.05) is 0 Å². The van der Waals surface area contributed by atoms with Crippen LogP contribution in [0.4, 0.5) is 0 Å². The Labute approximate surface area is 89.0 Å². The first-order valence-corrected chi connectivity index (χ1v) is 5.02. The number of nitrogens with two attached hydrogens (primary N) is 1. The third-order valence-corrected chi connectivity index (χ3v) is 2.00. The second-order valence-corrected chi connectivity index (χ2v) is 3.94. The van der Waals surface area contributed by atoms with E-state index in [1.807, 2.05) is 13.8 Å². The number of carbonyl (C=O) groups excluding carboxylic acids is 1. The van der Waals surface area contributed by atoms with Crippen LogP contribution in [-0.2, 0) is 11.3 Å². The molecule has 1 rings (SSSR count). The number of amides is 1. The van der Waals surface area contributed by atoms with Gasteiger partial charge in [-0.3, -0.25) is 4.79 Å². The summed E-state index contributed by atoms with van der Waals surface area (Å²) in [6, 6.07) is 1.26. The molecule has 0 aromatic carbocycles. The molecule has 0 aliphatic rings. The lowest BCUT2D eigenvalue weighted by molar-refractivity contribution is -0.122. The first-order valence-electron chi connectivity index (χ1n) is 5.02. The van der Waals surface area contributed by atoms with Gasteiger partial charge < -0.3 is 15.6 Å². The van der Waals surface area contributed by atoms with E-state index in [-0.39, 0.29) is 5.91 Å². The minimum absolute atomic E-state index is 0.147. The van der Waals surface area contributed by atoms with E-state index in [0.29, 0.717) is 24.6 Å². The van der Waals surface area contributed by atoms with Crippen molar-refractivity contribution >= 4 is 5.91 Å². The smallest absolute Gasteiger partial charge is 0.237 e. The summed E-state index contributed by atoms with van der Waals surface area (Å²) in [6.07, 6.45) is 2.15. The average molecular weight is 211 g/mol. The van der Waals surface area contributed by atoms with Gasteiger partial charge in [-0.2, -0.15) is 0 Å². The van der Waals surface area contributed by atoms with Crippen LogP contribution >= 0.6 is 0 Å². The number of nitrogens with zero attached hydrogens (tertiary/aromatic N) is 1. The van der Waals surface area contributed by atoms with Gasteiger partial charge in [0.2, 0.25) is 5.91 Å². The van der Waals surface area contributed by atoms with Gasteiger partial charge in [-0.1, -0.05) is 19.0 Å². The van der Waals surface area contributed by atoms with Crippen LogP contribution < -0.4 is 11.1 Å². The van der Waals surface area contributed by atoms with Crippen LogP contribution in [0.3, 0.4) is 0 Å². The molecule has 0 radical (unpaired) electrons. The fourth-order valence-corrected chi connectivity index (χ4v) is 1.25. The van der Waals surface area contributed by atoms with E-state index in [0.717, 1.165) is 0 Å². The standard InChI is InChI=1S/C10H17N3O2/c1-7(2)5-9(11)10(14)12-6-8-3-4-15-13-8/h3-4,7,9H,5-6,11H2,1-2H3,(H,12,14). The molecule has 0 bridgehead atoms. The van der Waals surface area contributed by atoms with E-state index < -0.39 is 6.04 Å². The predicted molar refractivity (Wildman–Crippen MR) is 55.8 cm³/mol. The Balaban J connectivity index is 2.29. The lowest BCUT2D eigenvalue weighted by atomic mass is 10.0. The molecule has 1 aromatic rings. The fourth-order valence-electron chi connectivity index (χ4n) is 1.25.